The van der Waals surface area contributed by atoms with Crippen LogP contribution in [0.4, 0.5) is 0 Å². The van der Waals surface area contributed by atoms with E-state index >= 15 is 0 Å². The number of benzene rings is 2. The zero-order valence-corrected chi connectivity index (χ0v) is 12.0. The minimum Gasteiger partial charge on any atom is -0.212 e. The van der Waals surface area contributed by atoms with Gasteiger partial charge in [-0.2, -0.15) is 0 Å². The van der Waals surface area contributed by atoms with E-state index in [0.29, 0.717) is 0 Å². The Balaban J connectivity index is 2.23. The maximum Gasteiger partial charge on any atom is 0.113 e. The van der Waals surface area contributed by atoms with Crippen LogP contribution in [0.5, 0.6) is 0 Å². The van der Waals surface area contributed by atoms with Crippen molar-refractivity contribution in [3.8, 4) is 5.69 Å². The fourth-order valence-electron chi connectivity index (χ4n) is 2.03. The second-order valence-corrected chi connectivity index (χ2v) is 5.06. The summed E-state index contributed by atoms with van der Waals surface area (Å²) in [6.45, 7) is 2.01. The Hall–Kier alpha value is -1.94. The molecule has 0 atom stereocenters. The lowest BCUT2D eigenvalue weighted by atomic mass is 10.2. The van der Waals surface area contributed by atoms with Crippen LogP contribution in [0.15, 0.2) is 53.0 Å². The molecular weight excluding hydrogens is 302 g/mol. The predicted molar refractivity (Wildman–Crippen MR) is 81.3 cm³/mol. The first-order chi connectivity index (χ1) is 9.29. The van der Waals surface area contributed by atoms with E-state index in [9.17, 15) is 0 Å². The average molecular weight is 314 g/mol. The molecular formula is C15H12BrN3. The standard InChI is InChI=1S/C15H12BrN3/c1-2-5-11-8-9-12(16)15(10-11)19-14-7-4-3-6-13(14)17-18-19/h2-10H,1H3. The Morgan fingerprint density at radius 2 is 2.00 bits per heavy atom. The van der Waals surface area contributed by atoms with E-state index in [4.69, 9.17) is 0 Å². The van der Waals surface area contributed by atoms with Gasteiger partial charge in [0.05, 0.1) is 11.2 Å². The number of aromatic nitrogens is 3. The van der Waals surface area contributed by atoms with Gasteiger partial charge in [0.1, 0.15) is 5.52 Å². The van der Waals surface area contributed by atoms with E-state index in [1.165, 1.54) is 0 Å². The smallest absolute Gasteiger partial charge is 0.113 e. The number of nitrogens with zero attached hydrogens (tertiary/aromatic N) is 3. The van der Waals surface area contributed by atoms with Gasteiger partial charge in [0.15, 0.2) is 0 Å². The van der Waals surface area contributed by atoms with Crippen LogP contribution in [0.1, 0.15) is 12.5 Å². The molecule has 0 amide bonds. The molecule has 0 radical (unpaired) electrons. The van der Waals surface area contributed by atoms with Crippen LogP contribution in [0.25, 0.3) is 22.8 Å². The average Bonchev–Trinajstić information content (AvgIpc) is 2.85. The van der Waals surface area contributed by atoms with Gasteiger partial charge < -0.3 is 0 Å². The summed E-state index contributed by atoms with van der Waals surface area (Å²) in [6, 6.07) is 14.1. The Morgan fingerprint density at radius 1 is 1.16 bits per heavy atom. The van der Waals surface area contributed by atoms with Crippen molar-refractivity contribution in [3.63, 3.8) is 0 Å². The van der Waals surface area contributed by atoms with Crippen molar-refractivity contribution in [1.29, 1.82) is 0 Å². The number of hydrogen-bond donors (Lipinski definition) is 0. The maximum absolute atomic E-state index is 4.24. The highest BCUT2D eigenvalue weighted by atomic mass is 79.9. The molecule has 0 spiro atoms. The lowest BCUT2D eigenvalue weighted by molar-refractivity contribution is 0.821. The molecule has 19 heavy (non-hydrogen) atoms. The van der Waals surface area contributed by atoms with E-state index in [-0.39, 0.29) is 0 Å². The van der Waals surface area contributed by atoms with Crippen molar-refractivity contribution in [3.05, 3.63) is 58.6 Å². The molecule has 94 valence electrons. The molecule has 0 aliphatic rings. The lowest BCUT2D eigenvalue weighted by Crippen LogP contribution is -1.98. The van der Waals surface area contributed by atoms with Crippen LogP contribution < -0.4 is 0 Å². The molecule has 4 heteroatoms. The highest BCUT2D eigenvalue weighted by molar-refractivity contribution is 9.10. The van der Waals surface area contributed by atoms with Crippen LogP contribution in [0, 0.1) is 0 Å². The molecule has 3 nitrogen and oxygen atoms in total. The summed E-state index contributed by atoms with van der Waals surface area (Å²) in [5, 5.41) is 8.43. The maximum atomic E-state index is 4.24. The van der Waals surface area contributed by atoms with E-state index < -0.39 is 0 Å². The van der Waals surface area contributed by atoms with Gasteiger partial charge in [-0.1, -0.05) is 35.6 Å². The van der Waals surface area contributed by atoms with Crippen molar-refractivity contribution in [2.75, 3.05) is 0 Å². The number of para-hydroxylation sites is 1. The van der Waals surface area contributed by atoms with Crippen molar-refractivity contribution in [1.82, 2.24) is 15.0 Å². The van der Waals surface area contributed by atoms with Gasteiger partial charge in [0.25, 0.3) is 0 Å². The monoisotopic (exact) mass is 313 g/mol. The van der Waals surface area contributed by atoms with Crippen molar-refractivity contribution in [2.24, 2.45) is 0 Å². The zero-order valence-electron chi connectivity index (χ0n) is 10.4. The summed E-state index contributed by atoms with van der Waals surface area (Å²) in [5.74, 6) is 0. The second-order valence-electron chi connectivity index (χ2n) is 4.20. The van der Waals surface area contributed by atoms with E-state index in [2.05, 4.69) is 44.5 Å². The summed E-state index contributed by atoms with van der Waals surface area (Å²) < 4.78 is 2.85. The number of fused-ring (bicyclic) bond motifs is 1. The Bertz CT molecular complexity index is 759. The van der Waals surface area contributed by atoms with Crippen LogP contribution in [0.2, 0.25) is 0 Å². The van der Waals surface area contributed by atoms with E-state index in [1.807, 2.05) is 48.0 Å². The van der Waals surface area contributed by atoms with Crippen LogP contribution in [0.3, 0.4) is 0 Å². The Morgan fingerprint density at radius 3 is 2.84 bits per heavy atom. The largest absolute Gasteiger partial charge is 0.212 e. The van der Waals surface area contributed by atoms with Crippen molar-refractivity contribution >= 4 is 33.0 Å². The first kappa shape index (κ1) is 12.1. The third kappa shape index (κ3) is 2.19. The molecule has 0 saturated heterocycles. The molecule has 0 aliphatic carbocycles. The first-order valence-electron chi connectivity index (χ1n) is 6.02. The zero-order chi connectivity index (χ0) is 13.2. The van der Waals surface area contributed by atoms with Gasteiger partial charge in [-0.25, -0.2) is 4.68 Å². The molecule has 0 aliphatic heterocycles. The predicted octanol–water partition coefficient (Wildman–Crippen LogP) is 4.22. The van der Waals surface area contributed by atoms with E-state index in [1.54, 1.807) is 0 Å². The highest BCUT2D eigenvalue weighted by Gasteiger charge is 2.09. The summed E-state index contributed by atoms with van der Waals surface area (Å²) in [4.78, 5) is 0. The summed E-state index contributed by atoms with van der Waals surface area (Å²) >= 11 is 3.58. The number of halogens is 1. The van der Waals surface area contributed by atoms with Gasteiger partial charge in [-0.15, -0.1) is 5.10 Å². The highest BCUT2D eigenvalue weighted by Crippen LogP contribution is 2.25. The van der Waals surface area contributed by atoms with Gasteiger partial charge in [0, 0.05) is 4.47 Å². The normalized spacial score (nSPS) is 11.5. The van der Waals surface area contributed by atoms with Crippen molar-refractivity contribution in [2.45, 2.75) is 6.92 Å². The molecule has 3 aromatic rings. The molecule has 3 rings (SSSR count). The lowest BCUT2D eigenvalue weighted by Gasteiger charge is -2.06. The molecule has 0 fully saturated rings. The van der Waals surface area contributed by atoms with Gasteiger partial charge >= 0.3 is 0 Å². The quantitative estimate of drug-likeness (QED) is 0.709. The third-order valence-electron chi connectivity index (χ3n) is 2.91. The molecule has 0 bridgehead atoms. The number of allylic oxidation sites excluding steroid dienone is 1. The number of rotatable bonds is 2. The summed E-state index contributed by atoms with van der Waals surface area (Å²) in [6.07, 6.45) is 4.08. The van der Waals surface area contributed by atoms with Crippen LogP contribution in [-0.2, 0) is 0 Å². The minimum atomic E-state index is 0.894. The minimum absolute atomic E-state index is 0.894. The van der Waals surface area contributed by atoms with Gasteiger partial charge in [-0.3, -0.25) is 0 Å². The van der Waals surface area contributed by atoms with Gasteiger partial charge in [0.2, 0.25) is 0 Å². The Kier molecular flexibility index (Phi) is 3.17. The second kappa shape index (κ2) is 4.97. The van der Waals surface area contributed by atoms with E-state index in [0.717, 1.165) is 26.8 Å². The Labute approximate surface area is 119 Å². The van der Waals surface area contributed by atoms with Crippen molar-refractivity contribution < 1.29 is 0 Å². The molecule has 0 N–H and O–H groups in total. The fourth-order valence-corrected chi connectivity index (χ4v) is 2.45. The van der Waals surface area contributed by atoms with Crippen LogP contribution >= 0.6 is 15.9 Å². The third-order valence-corrected chi connectivity index (χ3v) is 3.58. The number of hydrogen-bond acceptors (Lipinski definition) is 2. The molecule has 1 aromatic heterocycles. The van der Waals surface area contributed by atoms with Crippen LogP contribution in [-0.4, -0.2) is 15.0 Å². The molecule has 1 heterocycles. The SMILES string of the molecule is CC=Cc1ccc(Br)c(-n2nnc3ccccc32)c1. The summed E-state index contributed by atoms with van der Waals surface area (Å²) in [5.41, 5.74) is 4.02. The molecule has 0 unspecified atom stereocenters. The fraction of sp³-hybridized carbons (Fsp3) is 0.0667. The topological polar surface area (TPSA) is 30.7 Å². The molecule has 2 aromatic carbocycles. The summed E-state index contributed by atoms with van der Waals surface area (Å²) in [7, 11) is 0. The first-order valence-corrected chi connectivity index (χ1v) is 6.82. The molecule has 0 saturated carbocycles. The van der Waals surface area contributed by atoms with Gasteiger partial charge in [-0.05, 0) is 52.7 Å².